The van der Waals surface area contributed by atoms with Crippen molar-refractivity contribution in [2.75, 3.05) is 24.5 Å². The Morgan fingerprint density at radius 2 is 1.88 bits per heavy atom. The van der Waals surface area contributed by atoms with Crippen LogP contribution in [0.3, 0.4) is 0 Å². The van der Waals surface area contributed by atoms with Gasteiger partial charge in [0.2, 0.25) is 0 Å². The number of fused-ring (bicyclic) bond motifs is 1. The van der Waals surface area contributed by atoms with Gasteiger partial charge in [0.15, 0.2) is 0 Å². The molecule has 26 heavy (non-hydrogen) atoms. The van der Waals surface area contributed by atoms with Gasteiger partial charge in [-0.05, 0) is 61.1 Å². The molecule has 4 nitrogen and oxygen atoms in total. The molecule has 0 atom stereocenters. The van der Waals surface area contributed by atoms with Crippen LogP contribution in [0.4, 0.5) is 14.9 Å². The Balaban J connectivity index is 1.44. The van der Waals surface area contributed by atoms with Gasteiger partial charge >= 0.3 is 6.03 Å². The number of halogens is 1. The molecule has 0 saturated heterocycles. The van der Waals surface area contributed by atoms with E-state index in [9.17, 15) is 9.18 Å². The van der Waals surface area contributed by atoms with Gasteiger partial charge < -0.3 is 15.5 Å². The average molecular weight is 355 g/mol. The number of benzene rings is 2. The number of anilines is 1. The molecule has 0 spiro atoms. The van der Waals surface area contributed by atoms with Crippen LogP contribution < -0.4 is 15.5 Å². The second-order valence-corrected chi connectivity index (χ2v) is 6.63. The van der Waals surface area contributed by atoms with Crippen molar-refractivity contribution < 1.29 is 9.18 Å². The third kappa shape index (κ3) is 4.75. The Hall–Kier alpha value is -2.56. The highest BCUT2D eigenvalue weighted by Gasteiger charge is 2.15. The maximum Gasteiger partial charge on any atom is 0.315 e. The molecule has 0 unspecified atom stereocenters. The third-order valence-corrected chi connectivity index (χ3v) is 4.81. The minimum Gasteiger partial charge on any atom is -0.372 e. The smallest absolute Gasteiger partial charge is 0.315 e. The second kappa shape index (κ2) is 8.70. The summed E-state index contributed by atoms with van der Waals surface area (Å²) in [6.45, 7) is 5.35. The summed E-state index contributed by atoms with van der Waals surface area (Å²) in [6, 6.07) is 12.6. The normalized spacial score (nSPS) is 13.2. The van der Waals surface area contributed by atoms with E-state index >= 15 is 0 Å². The number of hydrogen-bond acceptors (Lipinski definition) is 2. The fourth-order valence-corrected chi connectivity index (χ4v) is 3.38. The lowest BCUT2D eigenvalue weighted by Crippen LogP contribution is -2.36. The number of aryl methyl sites for hydroxylation is 1. The van der Waals surface area contributed by atoms with E-state index in [2.05, 4.69) is 40.7 Å². The van der Waals surface area contributed by atoms with Gasteiger partial charge in [0.1, 0.15) is 5.82 Å². The van der Waals surface area contributed by atoms with Gasteiger partial charge in [-0.3, -0.25) is 0 Å². The first-order valence-corrected chi connectivity index (χ1v) is 9.28. The lowest BCUT2D eigenvalue weighted by Gasteiger charge is -2.30. The molecule has 0 radical (unpaired) electrons. The van der Waals surface area contributed by atoms with Gasteiger partial charge in [-0.25, -0.2) is 9.18 Å². The van der Waals surface area contributed by atoms with Crippen molar-refractivity contribution in [1.29, 1.82) is 0 Å². The molecular formula is C21H26FN3O. The average Bonchev–Trinajstić information content (AvgIpc) is 2.67. The molecule has 2 aromatic carbocycles. The molecule has 2 amide bonds. The molecule has 2 N–H and O–H groups in total. The zero-order chi connectivity index (χ0) is 18.4. The van der Waals surface area contributed by atoms with E-state index < -0.39 is 0 Å². The van der Waals surface area contributed by atoms with Gasteiger partial charge in [-0.2, -0.15) is 0 Å². The predicted molar refractivity (Wildman–Crippen MR) is 103 cm³/mol. The van der Waals surface area contributed by atoms with Crippen LogP contribution >= 0.6 is 0 Å². The summed E-state index contributed by atoms with van der Waals surface area (Å²) in [7, 11) is 0. The Morgan fingerprint density at radius 3 is 2.65 bits per heavy atom. The van der Waals surface area contributed by atoms with E-state index in [0.29, 0.717) is 13.1 Å². The predicted octanol–water partition coefficient (Wildman–Crippen LogP) is 3.64. The lowest BCUT2D eigenvalue weighted by molar-refractivity contribution is 0.240. The largest absolute Gasteiger partial charge is 0.372 e. The highest BCUT2D eigenvalue weighted by atomic mass is 19.1. The van der Waals surface area contributed by atoms with Crippen molar-refractivity contribution in [2.45, 2.75) is 32.7 Å². The molecule has 0 bridgehead atoms. The maximum atomic E-state index is 12.9. The molecule has 0 aromatic heterocycles. The number of nitrogens with zero attached hydrogens (tertiary/aromatic N) is 1. The summed E-state index contributed by atoms with van der Waals surface area (Å²) < 4.78 is 12.9. The summed E-state index contributed by atoms with van der Waals surface area (Å²) in [5.41, 5.74) is 4.89. The maximum absolute atomic E-state index is 12.9. The van der Waals surface area contributed by atoms with Gasteiger partial charge in [-0.15, -0.1) is 0 Å². The van der Waals surface area contributed by atoms with E-state index in [1.165, 1.54) is 35.4 Å². The molecule has 0 fully saturated rings. The van der Waals surface area contributed by atoms with Crippen molar-refractivity contribution >= 4 is 11.7 Å². The molecule has 0 saturated carbocycles. The first-order valence-electron chi connectivity index (χ1n) is 9.28. The molecule has 1 heterocycles. The molecule has 1 aliphatic rings. The minimum absolute atomic E-state index is 0.204. The Kier molecular flexibility index (Phi) is 6.10. The number of carbonyl (C=O) groups excluding carboxylic acids is 1. The number of hydrogen-bond donors (Lipinski definition) is 2. The van der Waals surface area contributed by atoms with Crippen LogP contribution in [0.15, 0.2) is 42.5 Å². The van der Waals surface area contributed by atoms with Gasteiger partial charge in [0.05, 0.1) is 0 Å². The zero-order valence-electron chi connectivity index (χ0n) is 15.2. The van der Waals surface area contributed by atoms with Crippen LogP contribution in [-0.4, -0.2) is 25.7 Å². The second-order valence-electron chi connectivity index (χ2n) is 6.63. The van der Waals surface area contributed by atoms with Crippen LogP contribution in [0, 0.1) is 5.82 Å². The van der Waals surface area contributed by atoms with E-state index in [4.69, 9.17) is 0 Å². The molecule has 1 aliphatic heterocycles. The van der Waals surface area contributed by atoms with Gasteiger partial charge in [0, 0.05) is 31.9 Å². The molecular weight excluding hydrogens is 329 g/mol. The number of rotatable bonds is 6. The van der Waals surface area contributed by atoms with Crippen LogP contribution in [0.25, 0.3) is 0 Å². The van der Waals surface area contributed by atoms with Crippen molar-refractivity contribution in [3.05, 3.63) is 65.0 Å². The SMILES string of the molecule is CCN1CCCc2cc(CCNC(=O)NCc3ccc(F)cc3)ccc21. The summed E-state index contributed by atoms with van der Waals surface area (Å²) >= 11 is 0. The Labute approximate surface area is 154 Å². The number of urea groups is 1. The topological polar surface area (TPSA) is 44.4 Å². The van der Waals surface area contributed by atoms with E-state index in [1.54, 1.807) is 12.1 Å². The summed E-state index contributed by atoms with van der Waals surface area (Å²) in [4.78, 5) is 14.3. The van der Waals surface area contributed by atoms with E-state index in [0.717, 1.165) is 31.5 Å². The van der Waals surface area contributed by atoms with Crippen molar-refractivity contribution in [2.24, 2.45) is 0 Å². The zero-order valence-corrected chi connectivity index (χ0v) is 15.2. The molecule has 5 heteroatoms. The lowest BCUT2D eigenvalue weighted by atomic mass is 9.98. The van der Waals surface area contributed by atoms with Crippen LogP contribution in [-0.2, 0) is 19.4 Å². The minimum atomic E-state index is -0.273. The van der Waals surface area contributed by atoms with Crippen LogP contribution in [0.1, 0.15) is 30.0 Å². The molecule has 0 aliphatic carbocycles. The molecule has 3 rings (SSSR count). The summed E-state index contributed by atoms with van der Waals surface area (Å²) in [5, 5.41) is 5.67. The first kappa shape index (κ1) is 18.2. The fraction of sp³-hybridized carbons (Fsp3) is 0.381. The molecule has 138 valence electrons. The summed E-state index contributed by atoms with van der Waals surface area (Å²) in [5.74, 6) is -0.273. The quantitative estimate of drug-likeness (QED) is 0.831. The van der Waals surface area contributed by atoms with Gasteiger partial charge in [0.25, 0.3) is 0 Å². The number of amides is 2. The summed E-state index contributed by atoms with van der Waals surface area (Å²) in [6.07, 6.45) is 3.14. The number of carbonyl (C=O) groups is 1. The van der Waals surface area contributed by atoms with Crippen LogP contribution in [0.5, 0.6) is 0 Å². The van der Waals surface area contributed by atoms with Gasteiger partial charge in [-0.1, -0.05) is 24.3 Å². The van der Waals surface area contributed by atoms with Crippen molar-refractivity contribution in [3.63, 3.8) is 0 Å². The molecule has 2 aromatic rings. The standard InChI is InChI=1S/C21H26FN3O/c1-2-25-13-3-4-18-14-16(7-10-20(18)25)11-12-23-21(26)24-15-17-5-8-19(22)9-6-17/h5-10,14H,2-4,11-13,15H2,1H3,(H2,23,24,26). The monoisotopic (exact) mass is 355 g/mol. The highest BCUT2D eigenvalue weighted by Crippen LogP contribution is 2.27. The number of nitrogens with one attached hydrogen (secondary N) is 2. The van der Waals surface area contributed by atoms with Crippen LogP contribution in [0.2, 0.25) is 0 Å². The first-order chi connectivity index (χ1) is 12.7. The highest BCUT2D eigenvalue weighted by molar-refractivity contribution is 5.73. The van der Waals surface area contributed by atoms with Crippen molar-refractivity contribution in [3.8, 4) is 0 Å². The fourth-order valence-electron chi connectivity index (χ4n) is 3.38. The van der Waals surface area contributed by atoms with Crippen molar-refractivity contribution in [1.82, 2.24) is 10.6 Å². The van der Waals surface area contributed by atoms with E-state index in [1.807, 2.05) is 0 Å². The third-order valence-electron chi connectivity index (χ3n) is 4.81. The Morgan fingerprint density at radius 1 is 1.12 bits per heavy atom. The van der Waals surface area contributed by atoms with E-state index in [-0.39, 0.29) is 11.8 Å². The Bertz CT molecular complexity index is 745.